The monoisotopic (exact) mass is 319 g/mol. The van der Waals surface area contributed by atoms with Crippen molar-refractivity contribution >= 4 is 21.6 Å². The average molecular weight is 320 g/mol. The molecule has 1 heterocycles. The van der Waals surface area contributed by atoms with E-state index in [-0.39, 0.29) is 6.04 Å². The van der Waals surface area contributed by atoms with Crippen molar-refractivity contribution in [3.05, 3.63) is 58.3 Å². The highest BCUT2D eigenvalue weighted by Gasteiger charge is 2.15. The Labute approximate surface area is 122 Å². The predicted octanol–water partition coefficient (Wildman–Crippen LogP) is 3.52. The first-order valence-corrected chi connectivity index (χ1v) is 7.20. The number of aromatic nitrogens is 1. The lowest BCUT2D eigenvalue weighted by molar-refractivity contribution is 0.598. The van der Waals surface area contributed by atoms with Gasteiger partial charge >= 0.3 is 0 Å². The van der Waals surface area contributed by atoms with Gasteiger partial charge in [-0.25, -0.2) is 0 Å². The van der Waals surface area contributed by atoms with Crippen LogP contribution in [0, 0.1) is 0 Å². The number of rotatable bonds is 5. The predicted molar refractivity (Wildman–Crippen MR) is 82.9 cm³/mol. The van der Waals surface area contributed by atoms with Crippen molar-refractivity contribution in [2.75, 3.05) is 12.3 Å². The van der Waals surface area contributed by atoms with Crippen LogP contribution in [0.15, 0.2) is 47.2 Å². The molecule has 100 valence electrons. The van der Waals surface area contributed by atoms with Gasteiger partial charge in [-0.1, -0.05) is 35.0 Å². The van der Waals surface area contributed by atoms with Gasteiger partial charge in [0.25, 0.3) is 0 Å². The van der Waals surface area contributed by atoms with Crippen molar-refractivity contribution in [2.45, 2.75) is 19.4 Å². The van der Waals surface area contributed by atoms with E-state index < -0.39 is 0 Å². The smallest absolute Gasteiger partial charge is 0.0612 e. The van der Waals surface area contributed by atoms with E-state index in [4.69, 9.17) is 5.73 Å². The van der Waals surface area contributed by atoms with Crippen molar-refractivity contribution in [1.29, 1.82) is 0 Å². The normalized spacial score (nSPS) is 12.3. The van der Waals surface area contributed by atoms with E-state index in [9.17, 15) is 0 Å². The Morgan fingerprint density at radius 3 is 2.63 bits per heavy atom. The largest absolute Gasteiger partial charge is 0.398 e. The molecule has 0 saturated heterocycles. The van der Waals surface area contributed by atoms with Gasteiger partial charge in [0.2, 0.25) is 0 Å². The van der Waals surface area contributed by atoms with Gasteiger partial charge in [0.05, 0.1) is 6.04 Å². The van der Waals surface area contributed by atoms with Gasteiger partial charge < -0.3 is 11.1 Å². The van der Waals surface area contributed by atoms with Crippen LogP contribution in [0.3, 0.4) is 0 Å². The van der Waals surface area contributed by atoms with E-state index in [0.29, 0.717) is 0 Å². The molecular formula is C15H18BrN3. The number of nitrogens with one attached hydrogen (secondary N) is 1. The number of nitrogens with zero attached hydrogens (tertiary/aromatic N) is 1. The first-order valence-electron chi connectivity index (χ1n) is 6.40. The van der Waals surface area contributed by atoms with E-state index in [1.54, 1.807) is 6.20 Å². The molecule has 1 unspecified atom stereocenters. The fourth-order valence-corrected chi connectivity index (χ4v) is 2.27. The van der Waals surface area contributed by atoms with Crippen LogP contribution in [0.5, 0.6) is 0 Å². The minimum Gasteiger partial charge on any atom is -0.398 e. The molecule has 3 nitrogen and oxygen atoms in total. The van der Waals surface area contributed by atoms with Crippen molar-refractivity contribution in [2.24, 2.45) is 0 Å². The molecule has 2 rings (SSSR count). The summed E-state index contributed by atoms with van der Waals surface area (Å²) >= 11 is 3.46. The average Bonchev–Trinajstić information content (AvgIpc) is 2.43. The van der Waals surface area contributed by atoms with Crippen LogP contribution >= 0.6 is 15.9 Å². The fourth-order valence-electron chi connectivity index (χ4n) is 2.01. The van der Waals surface area contributed by atoms with Crippen molar-refractivity contribution in [3.63, 3.8) is 0 Å². The molecule has 0 aliphatic heterocycles. The van der Waals surface area contributed by atoms with Crippen LogP contribution < -0.4 is 11.1 Å². The van der Waals surface area contributed by atoms with E-state index >= 15 is 0 Å². The molecule has 4 heteroatoms. The lowest BCUT2D eigenvalue weighted by atomic mass is 9.99. The summed E-state index contributed by atoms with van der Waals surface area (Å²) in [5.41, 5.74) is 9.06. The third-order valence-corrected chi connectivity index (χ3v) is 3.53. The van der Waals surface area contributed by atoms with Crippen molar-refractivity contribution in [1.82, 2.24) is 10.3 Å². The van der Waals surface area contributed by atoms with Gasteiger partial charge in [0.1, 0.15) is 0 Å². The molecule has 1 aromatic heterocycles. The molecule has 0 radical (unpaired) electrons. The Bertz CT molecular complexity index is 525. The lowest BCUT2D eigenvalue weighted by Crippen LogP contribution is -2.24. The highest BCUT2D eigenvalue weighted by Crippen LogP contribution is 2.26. The molecule has 0 bridgehead atoms. The van der Waals surface area contributed by atoms with Crippen molar-refractivity contribution < 1.29 is 0 Å². The second-order valence-electron chi connectivity index (χ2n) is 4.44. The molecule has 0 spiro atoms. The summed E-state index contributed by atoms with van der Waals surface area (Å²) < 4.78 is 1.07. The molecule has 3 N–H and O–H groups in total. The quantitative estimate of drug-likeness (QED) is 0.886. The Morgan fingerprint density at radius 2 is 2.00 bits per heavy atom. The van der Waals surface area contributed by atoms with Gasteiger partial charge in [0.15, 0.2) is 0 Å². The van der Waals surface area contributed by atoms with Gasteiger partial charge in [-0.05, 0) is 36.7 Å². The third kappa shape index (κ3) is 3.55. The summed E-state index contributed by atoms with van der Waals surface area (Å²) in [4.78, 5) is 4.19. The maximum atomic E-state index is 6.07. The SMILES string of the molecule is CCCNC(c1ccc(Br)cc1)c1cnccc1N. The van der Waals surface area contributed by atoms with Crippen LogP contribution in [0.25, 0.3) is 0 Å². The number of pyridine rings is 1. The summed E-state index contributed by atoms with van der Waals surface area (Å²) in [6.07, 6.45) is 4.63. The van der Waals surface area contributed by atoms with E-state index in [1.165, 1.54) is 5.56 Å². The van der Waals surface area contributed by atoms with Crippen LogP contribution in [-0.2, 0) is 0 Å². The lowest BCUT2D eigenvalue weighted by Gasteiger charge is -2.20. The summed E-state index contributed by atoms with van der Waals surface area (Å²) in [6.45, 7) is 3.09. The van der Waals surface area contributed by atoms with Crippen LogP contribution in [0.4, 0.5) is 5.69 Å². The molecule has 0 amide bonds. The number of nitrogens with two attached hydrogens (primary N) is 1. The van der Waals surface area contributed by atoms with Gasteiger partial charge in [-0.15, -0.1) is 0 Å². The van der Waals surface area contributed by atoms with Crippen LogP contribution in [-0.4, -0.2) is 11.5 Å². The fraction of sp³-hybridized carbons (Fsp3) is 0.267. The number of nitrogen functional groups attached to an aromatic ring is 1. The Kier molecular flexibility index (Phi) is 4.93. The minimum absolute atomic E-state index is 0.0850. The highest BCUT2D eigenvalue weighted by atomic mass is 79.9. The zero-order valence-electron chi connectivity index (χ0n) is 10.9. The minimum atomic E-state index is 0.0850. The molecule has 19 heavy (non-hydrogen) atoms. The molecule has 0 saturated carbocycles. The summed E-state index contributed by atoms with van der Waals surface area (Å²) in [7, 11) is 0. The first-order chi connectivity index (χ1) is 9.22. The Hall–Kier alpha value is -1.39. The number of hydrogen-bond acceptors (Lipinski definition) is 3. The van der Waals surface area contributed by atoms with Gasteiger partial charge in [0, 0.05) is 28.1 Å². The zero-order chi connectivity index (χ0) is 13.7. The Balaban J connectivity index is 2.35. The number of hydrogen-bond donors (Lipinski definition) is 2. The van der Waals surface area contributed by atoms with Crippen LogP contribution in [0.1, 0.15) is 30.5 Å². The van der Waals surface area contributed by atoms with Gasteiger partial charge in [-0.3, -0.25) is 4.98 Å². The maximum absolute atomic E-state index is 6.07. The molecule has 2 aromatic rings. The van der Waals surface area contributed by atoms with Gasteiger partial charge in [-0.2, -0.15) is 0 Å². The second-order valence-corrected chi connectivity index (χ2v) is 5.36. The molecular weight excluding hydrogens is 302 g/mol. The standard InChI is InChI=1S/C15H18BrN3/c1-2-8-19-15(11-3-5-12(16)6-4-11)13-10-18-9-7-14(13)17/h3-7,9-10,15,19H,2,8H2,1H3,(H2,17,18). The highest BCUT2D eigenvalue weighted by molar-refractivity contribution is 9.10. The third-order valence-electron chi connectivity index (χ3n) is 3.00. The summed E-state index contributed by atoms with van der Waals surface area (Å²) in [5.74, 6) is 0. The summed E-state index contributed by atoms with van der Waals surface area (Å²) in [6, 6.07) is 10.2. The van der Waals surface area contributed by atoms with E-state index in [1.807, 2.05) is 24.4 Å². The molecule has 0 aliphatic carbocycles. The molecule has 1 aromatic carbocycles. The van der Waals surface area contributed by atoms with Crippen LogP contribution in [0.2, 0.25) is 0 Å². The molecule has 0 fully saturated rings. The maximum Gasteiger partial charge on any atom is 0.0612 e. The van der Waals surface area contributed by atoms with Crippen molar-refractivity contribution in [3.8, 4) is 0 Å². The number of anilines is 1. The number of halogens is 1. The zero-order valence-corrected chi connectivity index (χ0v) is 12.5. The summed E-state index contributed by atoms with van der Waals surface area (Å²) in [5, 5.41) is 3.53. The first kappa shape index (κ1) is 14.0. The molecule has 1 atom stereocenters. The molecule has 0 aliphatic rings. The Morgan fingerprint density at radius 1 is 1.26 bits per heavy atom. The van der Waals surface area contributed by atoms with E-state index in [0.717, 1.165) is 28.7 Å². The number of benzene rings is 1. The topological polar surface area (TPSA) is 50.9 Å². The second kappa shape index (κ2) is 6.68. The van der Waals surface area contributed by atoms with E-state index in [2.05, 4.69) is 45.3 Å².